The van der Waals surface area contributed by atoms with Gasteiger partial charge in [0.25, 0.3) is 0 Å². The highest BCUT2D eigenvalue weighted by Crippen LogP contribution is 2.28. The zero-order chi connectivity index (χ0) is 12.3. The van der Waals surface area contributed by atoms with Gasteiger partial charge in [-0.25, -0.2) is 0 Å². The lowest BCUT2D eigenvalue weighted by Crippen LogP contribution is -1.93. The number of benzene rings is 2. The van der Waals surface area contributed by atoms with Gasteiger partial charge in [0.1, 0.15) is 5.75 Å². The highest BCUT2D eigenvalue weighted by molar-refractivity contribution is 9.10. The van der Waals surface area contributed by atoms with Crippen LogP contribution in [0.5, 0.6) is 5.75 Å². The molecular weight excluding hydrogens is 280 g/mol. The van der Waals surface area contributed by atoms with Crippen molar-refractivity contribution in [2.24, 2.45) is 0 Å². The predicted molar refractivity (Wildman–Crippen MR) is 74.8 cm³/mol. The maximum absolute atomic E-state index is 5.69. The topological polar surface area (TPSA) is 47.3 Å². The third-order valence-corrected chi connectivity index (χ3v) is 3.00. The van der Waals surface area contributed by atoms with Gasteiger partial charge in [-0.15, -0.1) is 0 Å². The third-order valence-electron chi connectivity index (χ3n) is 2.34. The van der Waals surface area contributed by atoms with Crippen molar-refractivity contribution in [2.45, 2.75) is 0 Å². The predicted octanol–water partition coefficient (Wildman–Crippen LogP) is 3.78. The van der Waals surface area contributed by atoms with Crippen molar-refractivity contribution in [3.8, 4) is 5.75 Å². The lowest BCUT2D eigenvalue weighted by atomic mass is 10.2. The SMILES string of the molecule is COc1cccc(Nc2ccc(N)cc2Br)c1. The van der Waals surface area contributed by atoms with Crippen LogP contribution in [-0.2, 0) is 0 Å². The fourth-order valence-corrected chi connectivity index (χ4v) is 1.98. The van der Waals surface area contributed by atoms with Gasteiger partial charge >= 0.3 is 0 Å². The summed E-state index contributed by atoms with van der Waals surface area (Å²) >= 11 is 3.47. The standard InChI is InChI=1S/C13H13BrN2O/c1-17-11-4-2-3-10(8-11)16-13-6-5-9(15)7-12(13)14/h2-8,16H,15H2,1H3. The lowest BCUT2D eigenvalue weighted by Gasteiger charge is -2.10. The summed E-state index contributed by atoms with van der Waals surface area (Å²) in [5, 5.41) is 3.29. The molecule has 0 heterocycles. The molecule has 2 aromatic carbocycles. The van der Waals surface area contributed by atoms with Crippen molar-refractivity contribution >= 4 is 33.0 Å². The van der Waals surface area contributed by atoms with Gasteiger partial charge in [0.15, 0.2) is 0 Å². The lowest BCUT2D eigenvalue weighted by molar-refractivity contribution is 0.415. The Morgan fingerprint density at radius 1 is 1.18 bits per heavy atom. The van der Waals surface area contributed by atoms with Gasteiger partial charge in [-0.2, -0.15) is 0 Å². The highest BCUT2D eigenvalue weighted by atomic mass is 79.9. The number of ether oxygens (including phenoxy) is 1. The van der Waals surface area contributed by atoms with Gasteiger partial charge in [0, 0.05) is 21.9 Å². The molecule has 0 atom stereocenters. The number of methoxy groups -OCH3 is 1. The second-order valence-corrected chi connectivity index (χ2v) is 4.45. The molecule has 0 aliphatic rings. The van der Waals surface area contributed by atoms with Crippen molar-refractivity contribution in [1.82, 2.24) is 0 Å². The van der Waals surface area contributed by atoms with E-state index in [1.807, 2.05) is 42.5 Å². The smallest absolute Gasteiger partial charge is 0.120 e. The van der Waals surface area contributed by atoms with Crippen LogP contribution < -0.4 is 15.8 Å². The molecule has 3 nitrogen and oxygen atoms in total. The number of anilines is 3. The van der Waals surface area contributed by atoms with Gasteiger partial charge in [-0.1, -0.05) is 6.07 Å². The normalized spacial score (nSPS) is 10.0. The minimum atomic E-state index is 0.730. The first-order valence-electron chi connectivity index (χ1n) is 5.15. The van der Waals surface area contributed by atoms with Crippen molar-refractivity contribution in [3.63, 3.8) is 0 Å². The Hall–Kier alpha value is -1.68. The molecule has 4 heteroatoms. The van der Waals surface area contributed by atoms with Crippen LogP contribution >= 0.6 is 15.9 Å². The van der Waals surface area contributed by atoms with E-state index in [1.54, 1.807) is 7.11 Å². The number of halogens is 1. The Balaban J connectivity index is 2.25. The molecule has 0 saturated carbocycles. The molecule has 0 unspecified atom stereocenters. The minimum Gasteiger partial charge on any atom is -0.497 e. The number of hydrogen-bond donors (Lipinski definition) is 2. The summed E-state index contributed by atoms with van der Waals surface area (Å²) in [6.45, 7) is 0. The van der Waals surface area contributed by atoms with Gasteiger partial charge in [0.05, 0.1) is 12.8 Å². The fraction of sp³-hybridized carbons (Fsp3) is 0.0769. The first-order chi connectivity index (χ1) is 8.19. The van der Waals surface area contributed by atoms with Crippen molar-refractivity contribution in [3.05, 3.63) is 46.9 Å². The average molecular weight is 293 g/mol. The van der Waals surface area contributed by atoms with Crippen LogP contribution in [0.1, 0.15) is 0 Å². The Kier molecular flexibility index (Phi) is 3.54. The molecule has 0 aromatic heterocycles. The maximum Gasteiger partial charge on any atom is 0.120 e. The first-order valence-corrected chi connectivity index (χ1v) is 5.94. The summed E-state index contributed by atoms with van der Waals surface area (Å²) in [6, 6.07) is 13.4. The first kappa shape index (κ1) is 11.8. The number of hydrogen-bond acceptors (Lipinski definition) is 3. The summed E-state index contributed by atoms with van der Waals surface area (Å²) in [5.41, 5.74) is 8.35. The molecule has 88 valence electrons. The van der Waals surface area contributed by atoms with E-state index < -0.39 is 0 Å². The maximum atomic E-state index is 5.69. The monoisotopic (exact) mass is 292 g/mol. The molecule has 0 radical (unpaired) electrons. The summed E-state index contributed by atoms with van der Waals surface area (Å²) in [4.78, 5) is 0. The number of rotatable bonds is 3. The van der Waals surface area contributed by atoms with E-state index in [1.165, 1.54) is 0 Å². The van der Waals surface area contributed by atoms with E-state index in [4.69, 9.17) is 10.5 Å². The molecule has 0 spiro atoms. The molecule has 0 aliphatic heterocycles. The molecule has 0 saturated heterocycles. The summed E-state index contributed by atoms with van der Waals surface area (Å²) in [7, 11) is 1.65. The summed E-state index contributed by atoms with van der Waals surface area (Å²) in [6.07, 6.45) is 0. The van der Waals surface area contributed by atoms with Crippen LogP contribution in [0.4, 0.5) is 17.1 Å². The van der Waals surface area contributed by atoms with Gasteiger partial charge in [0.2, 0.25) is 0 Å². The second-order valence-electron chi connectivity index (χ2n) is 3.60. The number of nitrogens with one attached hydrogen (secondary N) is 1. The quantitative estimate of drug-likeness (QED) is 0.847. The van der Waals surface area contributed by atoms with E-state index in [0.29, 0.717) is 0 Å². The van der Waals surface area contributed by atoms with Gasteiger partial charge < -0.3 is 15.8 Å². The Labute approximate surface area is 109 Å². The molecule has 3 N–H and O–H groups in total. The largest absolute Gasteiger partial charge is 0.497 e. The van der Waals surface area contributed by atoms with Crippen LogP contribution in [-0.4, -0.2) is 7.11 Å². The van der Waals surface area contributed by atoms with Gasteiger partial charge in [-0.3, -0.25) is 0 Å². The molecule has 17 heavy (non-hydrogen) atoms. The summed E-state index contributed by atoms with van der Waals surface area (Å²) in [5.74, 6) is 0.821. The molecule has 0 fully saturated rings. The zero-order valence-corrected chi connectivity index (χ0v) is 11.0. The van der Waals surface area contributed by atoms with E-state index >= 15 is 0 Å². The third kappa shape index (κ3) is 2.91. The Bertz CT molecular complexity index is 529. The van der Waals surface area contributed by atoms with Crippen LogP contribution in [0, 0.1) is 0 Å². The zero-order valence-electron chi connectivity index (χ0n) is 9.41. The summed E-state index contributed by atoms with van der Waals surface area (Å²) < 4.78 is 6.10. The van der Waals surface area contributed by atoms with Crippen molar-refractivity contribution in [2.75, 3.05) is 18.2 Å². The van der Waals surface area contributed by atoms with E-state index in [-0.39, 0.29) is 0 Å². The van der Waals surface area contributed by atoms with E-state index in [2.05, 4.69) is 21.2 Å². The molecule has 0 aliphatic carbocycles. The van der Waals surface area contributed by atoms with E-state index in [0.717, 1.165) is 27.3 Å². The van der Waals surface area contributed by atoms with Crippen LogP contribution in [0.2, 0.25) is 0 Å². The van der Waals surface area contributed by atoms with Crippen molar-refractivity contribution < 1.29 is 4.74 Å². The van der Waals surface area contributed by atoms with Gasteiger partial charge in [-0.05, 0) is 46.3 Å². The Morgan fingerprint density at radius 3 is 2.71 bits per heavy atom. The Morgan fingerprint density at radius 2 is 2.00 bits per heavy atom. The molecule has 2 aromatic rings. The van der Waals surface area contributed by atoms with Crippen LogP contribution in [0.15, 0.2) is 46.9 Å². The molecular formula is C13H13BrN2O. The van der Waals surface area contributed by atoms with Crippen molar-refractivity contribution in [1.29, 1.82) is 0 Å². The highest BCUT2D eigenvalue weighted by Gasteiger charge is 2.01. The average Bonchev–Trinajstić information content (AvgIpc) is 2.33. The van der Waals surface area contributed by atoms with E-state index in [9.17, 15) is 0 Å². The molecule has 0 bridgehead atoms. The second kappa shape index (κ2) is 5.10. The number of nitrogens with two attached hydrogens (primary N) is 1. The van der Waals surface area contributed by atoms with Crippen LogP contribution in [0.25, 0.3) is 0 Å². The van der Waals surface area contributed by atoms with Crippen LogP contribution in [0.3, 0.4) is 0 Å². The molecule has 0 amide bonds. The fourth-order valence-electron chi connectivity index (χ4n) is 1.49. The number of nitrogen functional groups attached to an aromatic ring is 1. The minimum absolute atomic E-state index is 0.730. The molecule has 2 rings (SSSR count).